The van der Waals surface area contributed by atoms with Gasteiger partial charge in [-0.15, -0.1) is 0 Å². The van der Waals surface area contributed by atoms with Crippen LogP contribution in [0.5, 0.6) is 0 Å². The van der Waals surface area contributed by atoms with Crippen LogP contribution in [0.3, 0.4) is 0 Å². The van der Waals surface area contributed by atoms with Gasteiger partial charge in [-0.25, -0.2) is 0 Å². The molecule has 0 aromatic rings. The van der Waals surface area contributed by atoms with E-state index in [2.05, 4.69) is 22.9 Å². The van der Waals surface area contributed by atoms with Crippen molar-refractivity contribution in [1.82, 2.24) is 0 Å². The Balaban J connectivity index is 1.53. The zero-order valence-corrected chi connectivity index (χ0v) is 16.3. The van der Waals surface area contributed by atoms with E-state index in [9.17, 15) is 0 Å². The van der Waals surface area contributed by atoms with E-state index in [1.54, 1.807) is 50.2 Å². The van der Waals surface area contributed by atoms with Gasteiger partial charge in [0, 0.05) is 13.6 Å². The second kappa shape index (κ2) is 9.66. The van der Waals surface area contributed by atoms with Gasteiger partial charge in [-0.05, 0) is 37.5 Å². The van der Waals surface area contributed by atoms with Crippen LogP contribution < -0.4 is 0 Å². The molecule has 0 aromatic heterocycles. The molecule has 0 N–H and O–H groups in total. The quantitative estimate of drug-likeness (QED) is 0.275. The minimum absolute atomic E-state index is 0.270. The van der Waals surface area contributed by atoms with Crippen LogP contribution in [0.15, 0.2) is 0 Å². The maximum absolute atomic E-state index is 3.78. The van der Waals surface area contributed by atoms with E-state index in [0.717, 1.165) is 16.7 Å². The summed E-state index contributed by atoms with van der Waals surface area (Å²) in [5.74, 6) is 2.19. The topological polar surface area (TPSA) is 0 Å². The molecule has 0 unspecified atom stereocenters. The summed E-state index contributed by atoms with van der Waals surface area (Å²) >= 11 is 3.78. The Morgan fingerprint density at radius 3 is 2.05 bits per heavy atom. The molecule has 1 aliphatic heterocycles. The molecule has 1 heterocycles. The first kappa shape index (κ1) is 17.1. The van der Waals surface area contributed by atoms with Gasteiger partial charge in [0.25, 0.3) is 0 Å². The zero-order valence-electron chi connectivity index (χ0n) is 13.6. The van der Waals surface area contributed by atoms with Gasteiger partial charge in [-0.2, -0.15) is 0 Å². The molecule has 0 nitrogen and oxygen atoms in total. The number of rotatable bonds is 7. The maximum Gasteiger partial charge on any atom is 0.0368 e. The molecule has 1 aliphatic carbocycles. The lowest BCUT2D eigenvalue weighted by molar-refractivity contribution is 0.304. The van der Waals surface area contributed by atoms with Crippen LogP contribution in [-0.4, -0.2) is 13.6 Å². The second-order valence-electron chi connectivity index (χ2n) is 7.58. The fourth-order valence-electron chi connectivity index (χ4n) is 4.37. The molecule has 0 spiro atoms. The van der Waals surface area contributed by atoms with Gasteiger partial charge >= 0.3 is 0 Å². The van der Waals surface area contributed by atoms with Crippen LogP contribution >= 0.6 is 15.9 Å². The van der Waals surface area contributed by atoms with Crippen molar-refractivity contribution in [2.75, 3.05) is 0 Å². The number of hydrogen-bond acceptors (Lipinski definition) is 0. The Hall–Kier alpha value is 0.697. The summed E-state index contributed by atoms with van der Waals surface area (Å²) in [6.45, 7) is 2.33. The average Bonchev–Trinajstić information content (AvgIpc) is 2.48. The van der Waals surface area contributed by atoms with Crippen molar-refractivity contribution in [2.24, 2.45) is 11.8 Å². The molecule has 20 heavy (non-hydrogen) atoms. The van der Waals surface area contributed by atoms with Gasteiger partial charge in [0.15, 0.2) is 0 Å². The fraction of sp³-hybridized carbons (Fsp3) is 1.00. The van der Waals surface area contributed by atoms with E-state index >= 15 is 0 Å². The Morgan fingerprint density at radius 1 is 0.850 bits per heavy atom. The first-order chi connectivity index (χ1) is 9.78. The third-order valence-electron chi connectivity index (χ3n) is 5.94. The molecule has 2 aliphatic rings. The fourth-order valence-corrected chi connectivity index (χ4v) is 8.52. The van der Waals surface area contributed by atoms with Gasteiger partial charge in [0.2, 0.25) is 0 Å². The smallest absolute Gasteiger partial charge is 0.0368 e. The van der Waals surface area contributed by atoms with E-state index in [-0.39, 0.29) is 8.80 Å². The monoisotopic (exact) mass is 358 g/mol. The SMILES string of the molecule is CCCCC[SiH]1CCC(CCC2CCC(Br)CC2)CC1. The molecule has 0 amide bonds. The molecule has 0 bridgehead atoms. The van der Waals surface area contributed by atoms with Gasteiger partial charge < -0.3 is 0 Å². The predicted octanol–water partition coefficient (Wildman–Crippen LogP) is 6.55. The highest BCUT2D eigenvalue weighted by Gasteiger charge is 2.24. The molecule has 2 fully saturated rings. The molecular weight excluding hydrogens is 324 g/mol. The average molecular weight is 359 g/mol. The first-order valence-electron chi connectivity index (χ1n) is 9.42. The van der Waals surface area contributed by atoms with Crippen molar-refractivity contribution >= 4 is 24.7 Å². The van der Waals surface area contributed by atoms with Gasteiger partial charge in [0.05, 0.1) is 0 Å². The molecule has 1 saturated carbocycles. The Labute approximate surface area is 137 Å². The van der Waals surface area contributed by atoms with Gasteiger partial charge in [0.1, 0.15) is 0 Å². The molecule has 0 aromatic carbocycles. The third-order valence-corrected chi connectivity index (χ3v) is 10.4. The Kier molecular flexibility index (Phi) is 8.24. The predicted molar refractivity (Wildman–Crippen MR) is 97.7 cm³/mol. The Bertz CT molecular complexity index is 240. The number of alkyl halides is 1. The van der Waals surface area contributed by atoms with E-state index in [1.807, 2.05) is 0 Å². The highest BCUT2D eigenvalue weighted by Crippen LogP contribution is 2.36. The summed E-state index contributed by atoms with van der Waals surface area (Å²) in [6, 6.07) is 5.03. The molecular formula is C18H35BrSi. The van der Waals surface area contributed by atoms with Crippen LogP contribution in [0.4, 0.5) is 0 Å². The summed E-state index contributed by atoms with van der Waals surface area (Å²) in [5.41, 5.74) is 0. The maximum atomic E-state index is 3.78. The highest BCUT2D eigenvalue weighted by atomic mass is 79.9. The molecule has 1 saturated heterocycles. The minimum atomic E-state index is -0.270. The van der Waals surface area contributed by atoms with Crippen molar-refractivity contribution in [3.8, 4) is 0 Å². The van der Waals surface area contributed by atoms with Crippen molar-refractivity contribution in [2.45, 2.75) is 101 Å². The second-order valence-corrected chi connectivity index (χ2v) is 12.3. The molecule has 0 radical (unpaired) electrons. The number of hydrogen-bond donors (Lipinski definition) is 0. The van der Waals surface area contributed by atoms with Crippen LogP contribution in [-0.2, 0) is 0 Å². The number of unbranched alkanes of at least 4 members (excludes halogenated alkanes) is 2. The standard InChI is InChI=1S/C18H35BrSi/c1-2-3-4-13-20-14-11-17(12-15-20)6-5-16-7-9-18(19)10-8-16/h16-18,20H,2-15H2,1H3. The highest BCUT2D eigenvalue weighted by molar-refractivity contribution is 9.09. The van der Waals surface area contributed by atoms with Crippen molar-refractivity contribution in [1.29, 1.82) is 0 Å². The van der Waals surface area contributed by atoms with Gasteiger partial charge in [-0.1, -0.05) is 85.9 Å². The normalized spacial score (nSPS) is 35.1. The van der Waals surface area contributed by atoms with E-state index in [1.165, 1.54) is 38.5 Å². The summed E-state index contributed by atoms with van der Waals surface area (Å²) in [7, 11) is -0.270. The van der Waals surface area contributed by atoms with Crippen molar-refractivity contribution in [3.63, 3.8) is 0 Å². The summed E-state index contributed by atoms with van der Waals surface area (Å²) in [5, 5.41) is 0. The van der Waals surface area contributed by atoms with Crippen LogP contribution in [0.1, 0.15) is 77.6 Å². The molecule has 2 rings (SSSR count). The Morgan fingerprint density at radius 2 is 1.45 bits per heavy atom. The lowest BCUT2D eigenvalue weighted by Gasteiger charge is -2.30. The lowest BCUT2D eigenvalue weighted by atomic mass is 9.83. The van der Waals surface area contributed by atoms with Crippen LogP contribution in [0.2, 0.25) is 18.1 Å². The largest absolute Gasteiger partial charge is 0.0891 e. The summed E-state index contributed by atoms with van der Waals surface area (Å²) in [6.07, 6.45) is 16.6. The van der Waals surface area contributed by atoms with E-state index in [0.29, 0.717) is 0 Å². The molecule has 0 atom stereocenters. The van der Waals surface area contributed by atoms with E-state index < -0.39 is 0 Å². The third kappa shape index (κ3) is 6.21. The number of halogens is 1. The molecule has 2 heteroatoms. The summed E-state index contributed by atoms with van der Waals surface area (Å²) in [4.78, 5) is 0.836. The molecule has 118 valence electrons. The first-order valence-corrected chi connectivity index (χ1v) is 12.8. The zero-order chi connectivity index (χ0) is 14.2. The summed E-state index contributed by atoms with van der Waals surface area (Å²) < 4.78 is 0. The van der Waals surface area contributed by atoms with Crippen molar-refractivity contribution in [3.05, 3.63) is 0 Å². The van der Waals surface area contributed by atoms with Gasteiger partial charge in [-0.3, -0.25) is 0 Å². The minimum Gasteiger partial charge on any atom is -0.0891 e. The van der Waals surface area contributed by atoms with E-state index in [4.69, 9.17) is 0 Å². The van der Waals surface area contributed by atoms with Crippen LogP contribution in [0, 0.1) is 11.8 Å². The lowest BCUT2D eigenvalue weighted by Crippen LogP contribution is -2.22. The van der Waals surface area contributed by atoms with Crippen LogP contribution in [0.25, 0.3) is 0 Å². The van der Waals surface area contributed by atoms with Crippen molar-refractivity contribution < 1.29 is 0 Å².